The standard InChI is InChI=1S/C25H27N3O4S/c1-5-19(24(30)31)28-23(29)17-6-8-26-12-20(17)27(25(28)32)13-18-15(3)7-9-33-21-11-14(2)10-16(4)22(18)21/h6,8,10-12,19H,5,7,9,13H2,1-4H3,(H,30,31). The number of aryl methyl sites for hydroxylation is 2. The van der Waals surface area contributed by atoms with Gasteiger partial charge in [0, 0.05) is 16.8 Å². The summed E-state index contributed by atoms with van der Waals surface area (Å²) >= 11 is 1.81. The van der Waals surface area contributed by atoms with Crippen LogP contribution in [0.1, 0.15) is 49.4 Å². The number of benzene rings is 1. The Hall–Kier alpha value is -3.13. The maximum Gasteiger partial charge on any atom is 0.332 e. The molecule has 0 saturated carbocycles. The van der Waals surface area contributed by atoms with Gasteiger partial charge in [0.2, 0.25) is 0 Å². The van der Waals surface area contributed by atoms with E-state index in [-0.39, 0.29) is 18.4 Å². The number of fused-ring (bicyclic) bond motifs is 2. The fourth-order valence-electron chi connectivity index (χ4n) is 4.61. The quantitative estimate of drug-likeness (QED) is 0.608. The third-order valence-corrected chi connectivity index (χ3v) is 7.31. The lowest BCUT2D eigenvalue weighted by molar-refractivity contribution is -0.141. The molecule has 2 aromatic heterocycles. The molecule has 8 heteroatoms. The van der Waals surface area contributed by atoms with Crippen molar-refractivity contribution >= 4 is 34.2 Å². The monoisotopic (exact) mass is 465 g/mol. The molecule has 0 bridgehead atoms. The molecule has 0 amide bonds. The van der Waals surface area contributed by atoms with Gasteiger partial charge in [0.15, 0.2) is 0 Å². The van der Waals surface area contributed by atoms with E-state index in [1.165, 1.54) is 33.0 Å². The van der Waals surface area contributed by atoms with Gasteiger partial charge in [-0.3, -0.25) is 14.3 Å². The zero-order chi connectivity index (χ0) is 23.9. The van der Waals surface area contributed by atoms with Gasteiger partial charge in [0.25, 0.3) is 5.56 Å². The largest absolute Gasteiger partial charge is 0.480 e. The van der Waals surface area contributed by atoms with Crippen LogP contribution in [0.4, 0.5) is 0 Å². The summed E-state index contributed by atoms with van der Waals surface area (Å²) in [5.74, 6) is -0.256. The molecule has 1 N–H and O–H groups in total. The smallest absolute Gasteiger partial charge is 0.332 e. The molecule has 0 spiro atoms. The molecule has 0 fully saturated rings. The molecule has 0 saturated heterocycles. The van der Waals surface area contributed by atoms with E-state index in [0.29, 0.717) is 5.52 Å². The van der Waals surface area contributed by atoms with Crippen molar-refractivity contribution in [3.63, 3.8) is 0 Å². The number of thioether (sulfide) groups is 1. The molecule has 1 aliphatic rings. The number of hydrogen-bond donors (Lipinski definition) is 1. The number of aromatic nitrogens is 3. The van der Waals surface area contributed by atoms with Gasteiger partial charge >= 0.3 is 11.7 Å². The van der Waals surface area contributed by atoms with Crippen LogP contribution in [0.3, 0.4) is 0 Å². The summed E-state index contributed by atoms with van der Waals surface area (Å²) in [6.45, 7) is 8.12. The third kappa shape index (κ3) is 4.04. The van der Waals surface area contributed by atoms with Crippen LogP contribution in [0.15, 0.2) is 50.7 Å². The fourth-order valence-corrected chi connectivity index (χ4v) is 5.93. The van der Waals surface area contributed by atoms with E-state index >= 15 is 0 Å². The van der Waals surface area contributed by atoms with Crippen LogP contribution in [-0.2, 0) is 11.3 Å². The molecule has 1 unspecified atom stereocenters. The zero-order valence-electron chi connectivity index (χ0n) is 19.2. The molecule has 1 aromatic carbocycles. The topological polar surface area (TPSA) is 94.2 Å². The Kier molecular flexibility index (Phi) is 6.30. The van der Waals surface area contributed by atoms with Gasteiger partial charge < -0.3 is 5.11 Å². The van der Waals surface area contributed by atoms with Crippen molar-refractivity contribution < 1.29 is 9.90 Å². The Balaban J connectivity index is 2.02. The average molecular weight is 466 g/mol. The first kappa shape index (κ1) is 23.0. The zero-order valence-corrected chi connectivity index (χ0v) is 20.0. The number of rotatable bonds is 5. The highest BCUT2D eigenvalue weighted by molar-refractivity contribution is 7.99. The molecule has 0 aliphatic carbocycles. The van der Waals surface area contributed by atoms with Gasteiger partial charge in [-0.25, -0.2) is 14.2 Å². The van der Waals surface area contributed by atoms with Crippen molar-refractivity contribution in [2.75, 3.05) is 5.75 Å². The normalized spacial score (nSPS) is 14.8. The number of pyridine rings is 1. The summed E-state index contributed by atoms with van der Waals surface area (Å²) in [6, 6.07) is 4.63. The second-order valence-corrected chi connectivity index (χ2v) is 9.65. The van der Waals surface area contributed by atoms with Crippen molar-refractivity contribution in [1.82, 2.24) is 14.1 Å². The molecule has 33 heavy (non-hydrogen) atoms. The lowest BCUT2D eigenvalue weighted by Crippen LogP contribution is -2.44. The van der Waals surface area contributed by atoms with E-state index in [4.69, 9.17) is 0 Å². The number of aliphatic carboxylic acids is 1. The molecule has 4 rings (SSSR count). The molecule has 172 valence electrons. The summed E-state index contributed by atoms with van der Waals surface area (Å²) in [5.41, 5.74) is 4.84. The molecular weight excluding hydrogens is 438 g/mol. The maximum atomic E-state index is 13.6. The molecule has 1 atom stereocenters. The molecule has 1 aliphatic heterocycles. The van der Waals surface area contributed by atoms with E-state index < -0.39 is 23.3 Å². The summed E-state index contributed by atoms with van der Waals surface area (Å²) in [4.78, 5) is 44.0. The van der Waals surface area contributed by atoms with E-state index in [9.17, 15) is 19.5 Å². The van der Waals surface area contributed by atoms with Crippen molar-refractivity contribution in [2.45, 2.75) is 58.0 Å². The molecule has 3 heterocycles. The van der Waals surface area contributed by atoms with Gasteiger partial charge in [-0.2, -0.15) is 0 Å². The maximum absolute atomic E-state index is 13.6. The van der Waals surface area contributed by atoms with Gasteiger partial charge in [-0.1, -0.05) is 18.6 Å². The first-order valence-electron chi connectivity index (χ1n) is 11.0. The van der Waals surface area contributed by atoms with Gasteiger partial charge in [0.05, 0.1) is 23.6 Å². The van der Waals surface area contributed by atoms with Crippen molar-refractivity contribution in [3.05, 3.63) is 73.7 Å². The Morgan fingerprint density at radius 2 is 2.00 bits per heavy atom. The number of carboxylic acids is 1. The summed E-state index contributed by atoms with van der Waals surface area (Å²) < 4.78 is 2.39. The first-order chi connectivity index (χ1) is 15.7. The number of carbonyl (C=O) groups is 1. The lowest BCUT2D eigenvalue weighted by Gasteiger charge is -2.21. The van der Waals surface area contributed by atoms with Crippen LogP contribution >= 0.6 is 11.8 Å². The van der Waals surface area contributed by atoms with Crippen LogP contribution in [0.5, 0.6) is 0 Å². The highest BCUT2D eigenvalue weighted by Crippen LogP contribution is 2.39. The van der Waals surface area contributed by atoms with E-state index in [1.54, 1.807) is 13.0 Å². The molecular formula is C25H27N3O4S. The van der Waals surface area contributed by atoms with Crippen LogP contribution in [0.2, 0.25) is 0 Å². The molecule has 3 aromatic rings. The Morgan fingerprint density at radius 3 is 2.70 bits per heavy atom. The Bertz CT molecular complexity index is 1420. The van der Waals surface area contributed by atoms with E-state index in [2.05, 4.69) is 37.9 Å². The lowest BCUT2D eigenvalue weighted by atomic mass is 9.94. The van der Waals surface area contributed by atoms with E-state index in [0.717, 1.165) is 33.4 Å². The highest BCUT2D eigenvalue weighted by atomic mass is 32.2. The van der Waals surface area contributed by atoms with Crippen LogP contribution < -0.4 is 11.2 Å². The first-order valence-corrected chi connectivity index (χ1v) is 12.0. The van der Waals surface area contributed by atoms with Crippen LogP contribution in [0, 0.1) is 13.8 Å². The number of hydrogen-bond acceptors (Lipinski definition) is 5. The summed E-state index contributed by atoms with van der Waals surface area (Å²) in [6.07, 6.45) is 4.00. The van der Waals surface area contributed by atoms with Gasteiger partial charge in [0.1, 0.15) is 6.04 Å². The van der Waals surface area contributed by atoms with Crippen LogP contribution in [0.25, 0.3) is 16.5 Å². The fraction of sp³-hybridized carbons (Fsp3) is 0.360. The summed E-state index contributed by atoms with van der Waals surface area (Å²) in [7, 11) is 0. The predicted molar refractivity (Wildman–Crippen MR) is 131 cm³/mol. The number of carboxylic acid groups (broad SMARTS) is 1. The predicted octanol–water partition coefficient (Wildman–Crippen LogP) is 4.18. The summed E-state index contributed by atoms with van der Waals surface area (Å²) in [5, 5.41) is 9.98. The second kappa shape index (κ2) is 9.02. The number of nitrogens with zero attached hydrogens (tertiary/aromatic N) is 3. The molecule has 7 nitrogen and oxygen atoms in total. The van der Waals surface area contributed by atoms with Gasteiger partial charge in [-0.15, -0.1) is 11.8 Å². The second-order valence-electron chi connectivity index (χ2n) is 8.51. The third-order valence-electron chi connectivity index (χ3n) is 6.27. The minimum absolute atomic E-state index is 0.126. The minimum atomic E-state index is -1.23. The minimum Gasteiger partial charge on any atom is -0.480 e. The van der Waals surface area contributed by atoms with Crippen LogP contribution in [-0.4, -0.2) is 30.9 Å². The van der Waals surface area contributed by atoms with Crippen molar-refractivity contribution in [3.8, 4) is 0 Å². The number of allylic oxidation sites excluding steroid dienone is 2. The average Bonchev–Trinajstić information content (AvgIpc) is 2.92. The SMILES string of the molecule is CCC(C(=O)O)n1c(=O)c2ccncc2n(CC2=C(C)CCSc3cc(C)cc(C)c32)c1=O. The van der Waals surface area contributed by atoms with Crippen molar-refractivity contribution in [2.24, 2.45) is 0 Å². The Morgan fingerprint density at radius 1 is 1.24 bits per heavy atom. The highest BCUT2D eigenvalue weighted by Gasteiger charge is 2.26. The Labute approximate surface area is 195 Å². The molecule has 0 radical (unpaired) electrons. The van der Waals surface area contributed by atoms with E-state index in [1.807, 2.05) is 11.8 Å². The van der Waals surface area contributed by atoms with Crippen molar-refractivity contribution in [1.29, 1.82) is 0 Å². The van der Waals surface area contributed by atoms with Gasteiger partial charge in [-0.05, 0) is 68.0 Å².